The van der Waals surface area contributed by atoms with E-state index in [2.05, 4.69) is 9.71 Å². The van der Waals surface area contributed by atoms with Gasteiger partial charge in [-0.2, -0.15) is 0 Å². The molecular formula is C10H14ClN3O3S2. The van der Waals surface area contributed by atoms with Crippen LogP contribution in [0.15, 0.2) is 16.6 Å². The maximum absolute atomic E-state index is 12.3. The number of fused-ring (bicyclic) bond motifs is 1. The van der Waals surface area contributed by atoms with E-state index < -0.39 is 15.4 Å². The maximum atomic E-state index is 12.3. The van der Waals surface area contributed by atoms with E-state index in [0.29, 0.717) is 4.96 Å². The first-order chi connectivity index (χ1) is 8.77. The lowest BCUT2D eigenvalue weighted by atomic mass is 9.96. The number of rotatable bonds is 5. The monoisotopic (exact) mass is 323 g/mol. The molecule has 0 spiro atoms. The molecule has 19 heavy (non-hydrogen) atoms. The van der Waals surface area contributed by atoms with Crippen molar-refractivity contribution in [3.8, 4) is 0 Å². The lowest BCUT2D eigenvalue weighted by molar-refractivity contribution is 0.163. The fourth-order valence-corrected chi connectivity index (χ4v) is 4.08. The van der Waals surface area contributed by atoms with Crippen molar-refractivity contribution in [1.82, 2.24) is 14.1 Å². The number of aliphatic hydroxyl groups is 1. The molecule has 2 aromatic heterocycles. The molecule has 2 N–H and O–H groups in total. The first-order valence-corrected chi connectivity index (χ1v) is 8.22. The van der Waals surface area contributed by atoms with Gasteiger partial charge < -0.3 is 5.11 Å². The summed E-state index contributed by atoms with van der Waals surface area (Å²) in [5.74, 6) is 0. The summed E-state index contributed by atoms with van der Waals surface area (Å²) in [4.78, 5) is 4.50. The summed E-state index contributed by atoms with van der Waals surface area (Å²) in [5.41, 5.74) is -0.544. The van der Waals surface area contributed by atoms with Gasteiger partial charge in [-0.1, -0.05) is 25.4 Å². The maximum Gasteiger partial charge on any atom is 0.259 e. The third kappa shape index (κ3) is 2.92. The van der Waals surface area contributed by atoms with E-state index in [1.54, 1.807) is 25.4 Å². The molecule has 2 heterocycles. The summed E-state index contributed by atoms with van der Waals surface area (Å²) >= 11 is 7.19. The molecule has 0 aromatic carbocycles. The van der Waals surface area contributed by atoms with Crippen LogP contribution in [0.25, 0.3) is 4.96 Å². The van der Waals surface area contributed by atoms with E-state index in [0.717, 1.165) is 0 Å². The number of thiazole rings is 1. The van der Waals surface area contributed by atoms with E-state index in [1.807, 2.05) is 0 Å². The van der Waals surface area contributed by atoms with E-state index in [-0.39, 0.29) is 23.3 Å². The second kappa shape index (κ2) is 5.02. The van der Waals surface area contributed by atoms with Crippen molar-refractivity contribution in [3.05, 3.63) is 16.7 Å². The molecule has 0 saturated carbocycles. The highest BCUT2D eigenvalue weighted by Crippen LogP contribution is 2.25. The summed E-state index contributed by atoms with van der Waals surface area (Å²) in [7, 11) is -3.77. The van der Waals surface area contributed by atoms with Crippen molar-refractivity contribution in [2.24, 2.45) is 5.41 Å². The molecule has 0 atom stereocenters. The topological polar surface area (TPSA) is 83.7 Å². The number of nitrogens with one attached hydrogen (secondary N) is 1. The van der Waals surface area contributed by atoms with Crippen LogP contribution >= 0.6 is 22.9 Å². The number of aromatic nitrogens is 2. The van der Waals surface area contributed by atoms with Crippen molar-refractivity contribution in [2.75, 3.05) is 13.2 Å². The zero-order valence-corrected chi connectivity index (χ0v) is 12.8. The number of hydrogen-bond donors (Lipinski definition) is 2. The average molecular weight is 324 g/mol. The highest BCUT2D eigenvalue weighted by Gasteiger charge is 2.27. The van der Waals surface area contributed by atoms with Crippen LogP contribution in [0.3, 0.4) is 0 Å². The number of halogens is 1. The Balaban J connectivity index is 2.34. The Hall–Kier alpha value is -0.670. The molecule has 0 bridgehead atoms. The SMILES string of the molecule is CC(C)(CO)CNS(=O)(=O)c1c(Cl)nc2sccn12. The first-order valence-electron chi connectivity index (χ1n) is 5.48. The molecule has 6 nitrogen and oxygen atoms in total. The minimum atomic E-state index is -3.77. The molecule has 9 heteroatoms. The van der Waals surface area contributed by atoms with Crippen LogP contribution in [0.2, 0.25) is 5.15 Å². The van der Waals surface area contributed by atoms with Crippen molar-refractivity contribution >= 4 is 37.9 Å². The summed E-state index contributed by atoms with van der Waals surface area (Å²) in [6, 6.07) is 0. The van der Waals surface area contributed by atoms with Crippen LogP contribution in [0.1, 0.15) is 13.8 Å². The second-order valence-electron chi connectivity index (χ2n) is 4.91. The minimum absolute atomic E-state index is 0.0545. The second-order valence-corrected chi connectivity index (χ2v) is 7.82. The van der Waals surface area contributed by atoms with E-state index in [4.69, 9.17) is 16.7 Å². The average Bonchev–Trinajstić information content (AvgIpc) is 2.86. The molecule has 0 aliphatic carbocycles. The molecule has 0 radical (unpaired) electrons. The predicted octanol–water partition coefficient (Wildman–Crippen LogP) is 1.35. The Morgan fingerprint density at radius 3 is 2.89 bits per heavy atom. The Morgan fingerprint density at radius 2 is 2.26 bits per heavy atom. The van der Waals surface area contributed by atoms with Crippen LogP contribution in [-0.2, 0) is 10.0 Å². The number of sulfonamides is 1. The quantitative estimate of drug-likeness (QED) is 0.870. The Morgan fingerprint density at radius 1 is 1.58 bits per heavy atom. The largest absolute Gasteiger partial charge is 0.396 e. The predicted molar refractivity (Wildman–Crippen MR) is 74.1 cm³/mol. The standard InChI is InChI=1S/C10H14ClN3O3S2/c1-10(2,6-15)5-12-19(16,17)8-7(11)13-9-14(8)3-4-18-9/h3-4,12,15H,5-6H2,1-2H3. The van der Waals surface area contributed by atoms with Crippen LogP contribution in [0.5, 0.6) is 0 Å². The van der Waals surface area contributed by atoms with Gasteiger partial charge in [0.2, 0.25) is 0 Å². The van der Waals surface area contributed by atoms with Gasteiger partial charge in [0.25, 0.3) is 10.0 Å². The lowest BCUT2D eigenvalue weighted by Crippen LogP contribution is -2.36. The van der Waals surface area contributed by atoms with Gasteiger partial charge in [0.1, 0.15) is 0 Å². The molecule has 0 unspecified atom stereocenters. The van der Waals surface area contributed by atoms with Crippen molar-refractivity contribution in [3.63, 3.8) is 0 Å². The molecule has 0 fully saturated rings. The summed E-state index contributed by atoms with van der Waals surface area (Å²) in [6.45, 7) is 3.50. The van der Waals surface area contributed by atoms with E-state index in [9.17, 15) is 8.42 Å². The van der Waals surface area contributed by atoms with Crippen LogP contribution < -0.4 is 4.72 Å². The molecule has 106 valence electrons. The molecule has 2 aromatic rings. The van der Waals surface area contributed by atoms with Gasteiger partial charge in [-0.3, -0.25) is 4.40 Å². The number of imidazole rings is 1. The molecule has 0 amide bonds. The van der Waals surface area contributed by atoms with E-state index >= 15 is 0 Å². The highest BCUT2D eigenvalue weighted by atomic mass is 35.5. The highest BCUT2D eigenvalue weighted by molar-refractivity contribution is 7.89. The Labute approximate surface area is 120 Å². The fraction of sp³-hybridized carbons (Fsp3) is 0.500. The zero-order valence-electron chi connectivity index (χ0n) is 10.4. The lowest BCUT2D eigenvalue weighted by Gasteiger charge is -2.21. The number of hydrogen-bond acceptors (Lipinski definition) is 5. The minimum Gasteiger partial charge on any atom is -0.396 e. The number of nitrogens with zero attached hydrogens (tertiary/aromatic N) is 2. The zero-order chi connectivity index (χ0) is 14.3. The van der Waals surface area contributed by atoms with Crippen LogP contribution in [0, 0.1) is 5.41 Å². The van der Waals surface area contributed by atoms with Gasteiger partial charge >= 0.3 is 0 Å². The molecule has 2 rings (SSSR count). The van der Waals surface area contributed by atoms with Gasteiger partial charge in [0.15, 0.2) is 15.1 Å². The Kier molecular flexibility index (Phi) is 3.90. The first kappa shape index (κ1) is 14.7. The van der Waals surface area contributed by atoms with Gasteiger partial charge in [0.05, 0.1) is 0 Å². The van der Waals surface area contributed by atoms with Gasteiger partial charge in [0, 0.05) is 30.1 Å². The molecular weight excluding hydrogens is 310 g/mol. The van der Waals surface area contributed by atoms with E-state index in [1.165, 1.54) is 15.7 Å². The summed E-state index contributed by atoms with van der Waals surface area (Å²) < 4.78 is 28.4. The van der Waals surface area contributed by atoms with Gasteiger partial charge in [-0.25, -0.2) is 18.1 Å². The van der Waals surface area contributed by atoms with Crippen LogP contribution in [0.4, 0.5) is 0 Å². The molecule has 0 aliphatic rings. The fourth-order valence-electron chi connectivity index (χ4n) is 1.39. The van der Waals surface area contributed by atoms with Gasteiger partial charge in [-0.15, -0.1) is 11.3 Å². The smallest absolute Gasteiger partial charge is 0.259 e. The molecule has 0 saturated heterocycles. The van der Waals surface area contributed by atoms with Crippen molar-refractivity contribution in [2.45, 2.75) is 18.9 Å². The van der Waals surface area contributed by atoms with Gasteiger partial charge in [-0.05, 0) is 0 Å². The van der Waals surface area contributed by atoms with Crippen LogP contribution in [-0.4, -0.2) is 36.1 Å². The third-order valence-corrected chi connectivity index (χ3v) is 5.16. The Bertz CT molecular complexity index is 690. The normalized spacial score (nSPS) is 13.3. The molecule has 0 aliphatic heterocycles. The third-order valence-electron chi connectivity index (χ3n) is 2.60. The number of aliphatic hydroxyl groups excluding tert-OH is 1. The summed E-state index contributed by atoms with van der Waals surface area (Å²) in [5, 5.41) is 10.7. The summed E-state index contributed by atoms with van der Waals surface area (Å²) in [6.07, 6.45) is 1.60. The van der Waals surface area contributed by atoms with Crippen molar-refractivity contribution in [1.29, 1.82) is 0 Å². The van der Waals surface area contributed by atoms with Crippen molar-refractivity contribution < 1.29 is 13.5 Å².